The van der Waals surface area contributed by atoms with Crippen LogP contribution in [0.25, 0.3) is 11.1 Å². The number of hydrogen-bond acceptors (Lipinski definition) is 4. The zero-order valence-electron chi connectivity index (χ0n) is 13.3. The number of alkyl carbamates (subject to hydrolysis) is 1. The van der Waals surface area contributed by atoms with Crippen molar-refractivity contribution in [1.29, 1.82) is 0 Å². The van der Waals surface area contributed by atoms with E-state index in [0.717, 1.165) is 0 Å². The smallest absolute Gasteiger partial charge is 0.407 e. The quantitative estimate of drug-likeness (QED) is 0.908. The molecule has 0 radical (unpaired) electrons. The number of amides is 1. The number of ether oxygens (including phenoxy) is 1. The molecule has 2 N–H and O–H groups in total. The van der Waals surface area contributed by atoms with E-state index >= 15 is 0 Å². The Hall–Kier alpha value is -2.57. The van der Waals surface area contributed by atoms with Gasteiger partial charge in [0.05, 0.1) is 12.7 Å². The lowest BCUT2D eigenvalue weighted by Crippen LogP contribution is -2.34. The molecule has 0 aliphatic heterocycles. The van der Waals surface area contributed by atoms with Gasteiger partial charge in [-0.15, -0.1) is 0 Å². The summed E-state index contributed by atoms with van der Waals surface area (Å²) in [4.78, 5) is 11.5. The molecule has 0 aliphatic rings. The molecule has 1 amide bonds. The maximum Gasteiger partial charge on any atom is 0.407 e. The zero-order valence-corrected chi connectivity index (χ0v) is 13.3. The second-order valence-electron chi connectivity index (χ2n) is 6.08. The Morgan fingerprint density at radius 3 is 2.87 bits per heavy atom. The zero-order chi connectivity index (χ0) is 17.0. The van der Waals surface area contributed by atoms with Crippen LogP contribution >= 0.6 is 0 Å². The molecule has 1 heterocycles. The number of rotatable bonds is 4. The Labute approximate surface area is 133 Å². The van der Waals surface area contributed by atoms with E-state index in [1.807, 2.05) is 0 Å². The average Bonchev–Trinajstić information content (AvgIpc) is 2.88. The molecular formula is C16H20FN3O3. The topological polar surface area (TPSA) is 76.4 Å². The summed E-state index contributed by atoms with van der Waals surface area (Å²) in [7, 11) is 0. The lowest BCUT2D eigenvalue weighted by atomic mass is 10.1. The molecule has 23 heavy (non-hydrogen) atoms. The molecule has 0 bridgehead atoms. The number of nitrogens with zero attached hydrogens (tertiary/aromatic N) is 2. The summed E-state index contributed by atoms with van der Waals surface area (Å²) in [6.45, 7) is 6.11. The van der Waals surface area contributed by atoms with Crippen LogP contribution in [0.15, 0.2) is 30.6 Å². The predicted molar refractivity (Wildman–Crippen MR) is 83.5 cm³/mol. The molecule has 124 valence electrons. The minimum atomic E-state index is -0.546. The van der Waals surface area contributed by atoms with Crippen molar-refractivity contribution in [2.45, 2.75) is 32.9 Å². The van der Waals surface area contributed by atoms with Gasteiger partial charge < -0.3 is 15.2 Å². The van der Waals surface area contributed by atoms with Crippen molar-refractivity contribution < 1.29 is 19.0 Å². The molecule has 7 heteroatoms. The van der Waals surface area contributed by atoms with Gasteiger partial charge in [0.25, 0.3) is 0 Å². The van der Waals surface area contributed by atoms with Crippen molar-refractivity contribution >= 4 is 6.09 Å². The van der Waals surface area contributed by atoms with Gasteiger partial charge in [0.1, 0.15) is 17.2 Å². The second kappa shape index (κ2) is 6.68. The van der Waals surface area contributed by atoms with Gasteiger partial charge in [-0.25, -0.2) is 9.18 Å². The third-order valence-corrected chi connectivity index (χ3v) is 2.90. The molecule has 2 aromatic rings. The first-order valence-corrected chi connectivity index (χ1v) is 7.23. The standard InChI is InChI=1S/C16H20FN3O3/c1-16(2,3)23-15(22)18-6-7-20-10-11(9-19-20)13-8-12(21)4-5-14(13)17/h4-5,8-10,21H,6-7H2,1-3H3,(H,18,22). The van der Waals surface area contributed by atoms with Crippen molar-refractivity contribution in [3.8, 4) is 16.9 Å². The summed E-state index contributed by atoms with van der Waals surface area (Å²) in [5, 5.41) is 16.2. The number of halogens is 1. The molecule has 6 nitrogen and oxygen atoms in total. The van der Waals surface area contributed by atoms with Gasteiger partial charge in [-0.2, -0.15) is 5.10 Å². The Morgan fingerprint density at radius 2 is 2.17 bits per heavy atom. The van der Waals surface area contributed by atoms with Crippen LogP contribution in [0.1, 0.15) is 20.8 Å². The van der Waals surface area contributed by atoms with Crippen molar-refractivity contribution in [3.05, 3.63) is 36.4 Å². The van der Waals surface area contributed by atoms with Crippen LogP contribution in [0.5, 0.6) is 5.75 Å². The highest BCUT2D eigenvalue weighted by Gasteiger charge is 2.15. The lowest BCUT2D eigenvalue weighted by Gasteiger charge is -2.19. The number of carbonyl (C=O) groups is 1. The molecule has 0 unspecified atom stereocenters. The normalized spacial score (nSPS) is 11.3. The van der Waals surface area contributed by atoms with Crippen LogP contribution in [0, 0.1) is 5.82 Å². The largest absolute Gasteiger partial charge is 0.508 e. The van der Waals surface area contributed by atoms with Gasteiger partial charge in [0.2, 0.25) is 0 Å². The summed E-state index contributed by atoms with van der Waals surface area (Å²) in [6.07, 6.45) is 2.66. The third-order valence-electron chi connectivity index (χ3n) is 2.90. The molecule has 0 fully saturated rings. The van der Waals surface area contributed by atoms with Crippen LogP contribution in [-0.4, -0.2) is 33.1 Å². The van der Waals surface area contributed by atoms with E-state index in [-0.39, 0.29) is 11.3 Å². The first-order valence-electron chi connectivity index (χ1n) is 7.23. The number of aromatic hydroxyl groups is 1. The molecule has 0 atom stereocenters. The molecular weight excluding hydrogens is 301 g/mol. The Kier molecular flexibility index (Phi) is 4.88. The van der Waals surface area contributed by atoms with Gasteiger partial charge in [-0.3, -0.25) is 4.68 Å². The predicted octanol–water partition coefficient (Wildman–Crippen LogP) is 2.92. The van der Waals surface area contributed by atoms with Crippen molar-refractivity contribution in [1.82, 2.24) is 15.1 Å². The Bertz CT molecular complexity index is 692. The van der Waals surface area contributed by atoms with Gasteiger partial charge >= 0.3 is 6.09 Å². The fraction of sp³-hybridized carbons (Fsp3) is 0.375. The number of nitrogens with one attached hydrogen (secondary N) is 1. The number of phenols is 1. The van der Waals surface area contributed by atoms with Crippen molar-refractivity contribution in [2.24, 2.45) is 0 Å². The van der Waals surface area contributed by atoms with Crippen LogP contribution < -0.4 is 5.32 Å². The summed E-state index contributed by atoms with van der Waals surface area (Å²) in [6, 6.07) is 3.83. The van der Waals surface area contributed by atoms with Crippen LogP contribution in [0.3, 0.4) is 0 Å². The number of carbonyl (C=O) groups excluding carboxylic acids is 1. The number of hydrogen-bond donors (Lipinski definition) is 2. The highest BCUT2D eigenvalue weighted by Crippen LogP contribution is 2.25. The highest BCUT2D eigenvalue weighted by molar-refractivity contribution is 5.67. The molecule has 1 aromatic carbocycles. The van der Waals surface area contributed by atoms with E-state index in [0.29, 0.717) is 18.7 Å². The second-order valence-corrected chi connectivity index (χ2v) is 6.08. The first kappa shape index (κ1) is 16.8. The van der Waals surface area contributed by atoms with Crippen molar-refractivity contribution in [3.63, 3.8) is 0 Å². The fourth-order valence-electron chi connectivity index (χ4n) is 1.95. The first-order chi connectivity index (χ1) is 10.7. The Balaban J connectivity index is 1.93. The van der Waals surface area contributed by atoms with E-state index in [1.165, 1.54) is 24.4 Å². The lowest BCUT2D eigenvalue weighted by molar-refractivity contribution is 0.0525. The van der Waals surface area contributed by atoms with Gasteiger partial charge in [-0.05, 0) is 39.0 Å². The molecule has 0 saturated carbocycles. The van der Waals surface area contributed by atoms with Crippen LogP contribution in [-0.2, 0) is 11.3 Å². The van der Waals surface area contributed by atoms with E-state index in [9.17, 15) is 14.3 Å². The van der Waals surface area contributed by atoms with E-state index in [4.69, 9.17) is 4.74 Å². The summed E-state index contributed by atoms with van der Waals surface area (Å²) >= 11 is 0. The fourth-order valence-corrected chi connectivity index (χ4v) is 1.95. The summed E-state index contributed by atoms with van der Waals surface area (Å²) in [5.74, 6) is -0.449. The molecule has 0 aliphatic carbocycles. The Morgan fingerprint density at radius 1 is 1.43 bits per heavy atom. The monoisotopic (exact) mass is 321 g/mol. The van der Waals surface area contributed by atoms with E-state index in [2.05, 4.69) is 10.4 Å². The highest BCUT2D eigenvalue weighted by atomic mass is 19.1. The molecule has 1 aromatic heterocycles. The third kappa shape index (κ3) is 4.98. The van der Waals surface area contributed by atoms with Gasteiger partial charge in [-0.1, -0.05) is 0 Å². The average molecular weight is 321 g/mol. The van der Waals surface area contributed by atoms with E-state index in [1.54, 1.807) is 31.6 Å². The number of aromatic nitrogens is 2. The summed E-state index contributed by atoms with van der Waals surface area (Å²) < 4.78 is 20.5. The van der Waals surface area contributed by atoms with Gasteiger partial charge in [0.15, 0.2) is 0 Å². The molecule has 2 rings (SSSR count). The van der Waals surface area contributed by atoms with Crippen molar-refractivity contribution in [2.75, 3.05) is 6.54 Å². The maximum absolute atomic E-state index is 13.8. The molecule has 0 saturated heterocycles. The molecule has 0 spiro atoms. The van der Waals surface area contributed by atoms with Gasteiger partial charge in [0, 0.05) is 23.9 Å². The number of phenolic OH excluding ortho intramolecular Hbond substituents is 1. The van der Waals surface area contributed by atoms with E-state index < -0.39 is 17.5 Å². The van der Waals surface area contributed by atoms with Crippen LogP contribution in [0.4, 0.5) is 9.18 Å². The number of benzene rings is 1. The SMILES string of the molecule is CC(C)(C)OC(=O)NCCn1cc(-c2cc(O)ccc2F)cn1. The maximum atomic E-state index is 13.8. The van der Waals surface area contributed by atoms with Crippen LogP contribution in [0.2, 0.25) is 0 Å². The summed E-state index contributed by atoms with van der Waals surface area (Å²) in [5.41, 5.74) is 0.280. The minimum Gasteiger partial charge on any atom is -0.508 e. The minimum absolute atomic E-state index is 0.0132.